The number of esters is 1. The summed E-state index contributed by atoms with van der Waals surface area (Å²) in [5.41, 5.74) is 2.33. The van der Waals surface area contributed by atoms with E-state index in [1.54, 1.807) is 63.2 Å². The number of nitrogens with zero attached hydrogens (tertiary/aromatic N) is 4. The molecule has 0 saturated heterocycles. The average molecular weight is 535 g/mol. The van der Waals surface area contributed by atoms with Gasteiger partial charge in [0.2, 0.25) is 0 Å². The molecule has 2 atom stereocenters. The minimum atomic E-state index is -0.746. The smallest absolute Gasteiger partial charge is 0.338 e. The van der Waals surface area contributed by atoms with E-state index in [1.807, 2.05) is 18.2 Å². The molecule has 188 valence electrons. The van der Waals surface area contributed by atoms with Gasteiger partial charge in [0.1, 0.15) is 5.92 Å². The zero-order chi connectivity index (χ0) is 26.3. The molecule has 0 unspecified atom stereocenters. The highest BCUT2D eigenvalue weighted by molar-refractivity contribution is 7.07. The average Bonchev–Trinajstić information content (AvgIpc) is 3.34. The quantitative estimate of drug-likeness (QED) is 0.469. The summed E-state index contributed by atoms with van der Waals surface area (Å²) in [6.07, 6.45) is 1.64. The summed E-state index contributed by atoms with van der Waals surface area (Å²) in [6.45, 7) is 5.40. The van der Waals surface area contributed by atoms with E-state index in [0.29, 0.717) is 37.0 Å². The van der Waals surface area contributed by atoms with Crippen molar-refractivity contribution in [1.29, 1.82) is 0 Å². The van der Waals surface area contributed by atoms with Gasteiger partial charge in [-0.05, 0) is 56.7 Å². The Morgan fingerprint density at radius 3 is 2.49 bits per heavy atom. The van der Waals surface area contributed by atoms with Gasteiger partial charge in [0.25, 0.3) is 11.5 Å². The maximum absolute atomic E-state index is 13.8. The van der Waals surface area contributed by atoms with Crippen LogP contribution < -0.4 is 19.9 Å². The Kier molecular flexibility index (Phi) is 6.66. The minimum Gasteiger partial charge on any atom is -0.463 e. The second-order valence-electron chi connectivity index (χ2n) is 8.58. The number of aromatic nitrogens is 1. The van der Waals surface area contributed by atoms with Crippen LogP contribution in [0.2, 0.25) is 5.02 Å². The van der Waals surface area contributed by atoms with Crippen molar-refractivity contribution in [2.45, 2.75) is 26.8 Å². The van der Waals surface area contributed by atoms with Gasteiger partial charge in [-0.2, -0.15) is 10.1 Å². The van der Waals surface area contributed by atoms with Gasteiger partial charge in [0.05, 0.1) is 39.9 Å². The van der Waals surface area contributed by atoms with E-state index in [-0.39, 0.29) is 23.6 Å². The van der Waals surface area contributed by atoms with Crippen molar-refractivity contribution in [3.8, 4) is 0 Å². The number of ether oxygens (including phenoxy) is 1. The maximum Gasteiger partial charge on any atom is 0.338 e. The van der Waals surface area contributed by atoms with Gasteiger partial charge >= 0.3 is 5.97 Å². The molecular weight excluding hydrogens is 512 g/mol. The van der Waals surface area contributed by atoms with Crippen LogP contribution in [-0.2, 0) is 14.3 Å². The van der Waals surface area contributed by atoms with E-state index in [2.05, 4.69) is 10.1 Å². The molecule has 3 heterocycles. The molecule has 8 nitrogen and oxygen atoms in total. The highest BCUT2D eigenvalue weighted by atomic mass is 35.5. The number of halogens is 1. The summed E-state index contributed by atoms with van der Waals surface area (Å²) >= 11 is 7.27. The number of carbonyl (C=O) groups excluding carboxylic acids is 2. The van der Waals surface area contributed by atoms with Crippen LogP contribution in [0, 0.1) is 5.92 Å². The number of hydrazone groups is 1. The molecule has 1 amide bonds. The molecule has 0 aliphatic carbocycles. The van der Waals surface area contributed by atoms with Gasteiger partial charge in [0, 0.05) is 5.02 Å². The van der Waals surface area contributed by atoms with Crippen molar-refractivity contribution in [3.63, 3.8) is 0 Å². The second-order valence-corrected chi connectivity index (χ2v) is 10.0. The lowest BCUT2D eigenvalue weighted by Gasteiger charge is -2.24. The largest absolute Gasteiger partial charge is 0.463 e. The third-order valence-corrected chi connectivity index (χ3v) is 7.46. The number of benzene rings is 2. The van der Waals surface area contributed by atoms with Crippen LogP contribution in [0.1, 0.15) is 32.4 Å². The molecule has 0 saturated carbocycles. The predicted molar refractivity (Wildman–Crippen MR) is 143 cm³/mol. The van der Waals surface area contributed by atoms with Gasteiger partial charge in [-0.1, -0.05) is 53.3 Å². The number of thiazole rings is 1. The van der Waals surface area contributed by atoms with E-state index < -0.39 is 17.9 Å². The molecule has 1 aromatic heterocycles. The van der Waals surface area contributed by atoms with Crippen LogP contribution in [0.25, 0.3) is 6.08 Å². The molecule has 3 aromatic rings. The van der Waals surface area contributed by atoms with Crippen LogP contribution in [0.3, 0.4) is 0 Å². The Morgan fingerprint density at radius 2 is 1.81 bits per heavy atom. The Bertz CT molecular complexity index is 1640. The standard InChI is InChI=1S/C27H23ClN4O4S/c1-4-36-26(35)22-16(3)29-27-31(23(22)17-10-12-18(28)13-11-17)25(34)21(37-27)14-20-15(2)30-32(24(20)33)19-8-6-5-7-9-19/h5-14,20,23H,4H2,1-3H3/b21-14+/t20-,23+/m0/s1. The zero-order valence-electron chi connectivity index (χ0n) is 20.3. The first-order chi connectivity index (χ1) is 17.8. The molecule has 0 fully saturated rings. The number of hydrogen-bond acceptors (Lipinski definition) is 7. The molecule has 5 rings (SSSR count). The molecule has 2 aliphatic heterocycles. The fraction of sp³-hybridized carbons (Fsp3) is 0.222. The van der Waals surface area contributed by atoms with Crippen LogP contribution in [-0.4, -0.2) is 28.8 Å². The maximum atomic E-state index is 13.8. The van der Waals surface area contributed by atoms with Gasteiger partial charge < -0.3 is 4.74 Å². The highest BCUT2D eigenvalue weighted by Gasteiger charge is 2.35. The molecule has 0 radical (unpaired) electrons. The van der Waals surface area contributed by atoms with E-state index in [4.69, 9.17) is 16.3 Å². The lowest BCUT2D eigenvalue weighted by molar-refractivity contribution is -0.139. The van der Waals surface area contributed by atoms with Crippen LogP contribution >= 0.6 is 22.9 Å². The molecule has 2 aliphatic rings. The normalized spacial score (nSPS) is 19.6. The Labute approximate surface area is 221 Å². The monoisotopic (exact) mass is 534 g/mol. The third kappa shape index (κ3) is 4.45. The molecular formula is C27H23ClN4O4S. The van der Waals surface area contributed by atoms with Gasteiger partial charge in [-0.25, -0.2) is 9.79 Å². The summed E-state index contributed by atoms with van der Waals surface area (Å²) in [4.78, 5) is 45.0. The van der Waals surface area contributed by atoms with E-state index in [1.165, 1.54) is 20.9 Å². The molecule has 0 bridgehead atoms. The minimum absolute atomic E-state index is 0.188. The lowest BCUT2D eigenvalue weighted by atomic mass is 9.96. The van der Waals surface area contributed by atoms with Crippen molar-refractivity contribution in [2.75, 3.05) is 11.6 Å². The number of carbonyl (C=O) groups is 2. The van der Waals surface area contributed by atoms with Gasteiger partial charge in [0.15, 0.2) is 4.80 Å². The topological polar surface area (TPSA) is 93.3 Å². The fourth-order valence-electron chi connectivity index (χ4n) is 4.44. The number of para-hydroxylation sites is 1. The zero-order valence-corrected chi connectivity index (χ0v) is 21.9. The molecule has 0 N–H and O–H groups in total. The molecule has 37 heavy (non-hydrogen) atoms. The molecule has 0 spiro atoms. The number of anilines is 1. The number of amides is 1. The van der Waals surface area contributed by atoms with Gasteiger partial charge in [-0.3, -0.25) is 14.2 Å². The number of hydrogen-bond donors (Lipinski definition) is 0. The Hall–Kier alpha value is -3.82. The van der Waals surface area contributed by atoms with Crippen molar-refractivity contribution >= 4 is 52.3 Å². The summed E-state index contributed by atoms with van der Waals surface area (Å²) < 4.78 is 7.14. The predicted octanol–water partition coefficient (Wildman–Crippen LogP) is 3.44. The SMILES string of the molecule is CCOC(=O)C1=C(C)N=c2s/c(=C/[C@@H]3C(=O)N(c4ccccc4)N=C3C)c(=O)n2[C@@H]1c1ccc(Cl)cc1. The first kappa shape index (κ1) is 24.9. The van der Waals surface area contributed by atoms with Crippen LogP contribution in [0.15, 0.2) is 80.8 Å². The number of allylic oxidation sites excluding steroid dienone is 1. The molecule has 10 heteroatoms. The van der Waals surface area contributed by atoms with E-state index in [9.17, 15) is 14.4 Å². The fourth-order valence-corrected chi connectivity index (χ4v) is 5.62. The number of fused-ring (bicyclic) bond motifs is 1. The highest BCUT2D eigenvalue weighted by Crippen LogP contribution is 2.31. The van der Waals surface area contributed by atoms with E-state index >= 15 is 0 Å². The molecule has 2 aromatic carbocycles. The van der Waals surface area contributed by atoms with Crippen LogP contribution in [0.4, 0.5) is 5.69 Å². The van der Waals surface area contributed by atoms with Crippen molar-refractivity contribution in [3.05, 3.63) is 96.1 Å². The first-order valence-electron chi connectivity index (χ1n) is 11.7. The summed E-state index contributed by atoms with van der Waals surface area (Å²) in [6, 6.07) is 15.4. The Balaban J connectivity index is 1.63. The summed E-state index contributed by atoms with van der Waals surface area (Å²) in [7, 11) is 0. The number of rotatable bonds is 5. The summed E-state index contributed by atoms with van der Waals surface area (Å²) in [5.74, 6) is -1.47. The third-order valence-electron chi connectivity index (χ3n) is 6.20. The van der Waals surface area contributed by atoms with Gasteiger partial charge in [-0.15, -0.1) is 0 Å². The van der Waals surface area contributed by atoms with E-state index in [0.717, 1.165) is 0 Å². The lowest BCUT2D eigenvalue weighted by Crippen LogP contribution is -2.40. The Morgan fingerprint density at radius 1 is 1.11 bits per heavy atom. The second kappa shape index (κ2) is 9.91. The van der Waals surface area contributed by atoms with Crippen LogP contribution in [0.5, 0.6) is 0 Å². The van der Waals surface area contributed by atoms with Crippen molar-refractivity contribution < 1.29 is 14.3 Å². The summed E-state index contributed by atoms with van der Waals surface area (Å²) in [5, 5.41) is 6.32. The van der Waals surface area contributed by atoms with Crippen molar-refractivity contribution in [2.24, 2.45) is 16.0 Å². The van der Waals surface area contributed by atoms with Crippen molar-refractivity contribution in [1.82, 2.24) is 4.57 Å². The first-order valence-corrected chi connectivity index (χ1v) is 12.9.